The Bertz CT molecular complexity index is 967. The van der Waals surface area contributed by atoms with Crippen LogP contribution in [0.4, 0.5) is 0 Å². The molecule has 0 amide bonds. The molecule has 0 radical (unpaired) electrons. The van der Waals surface area contributed by atoms with Crippen LogP contribution in [0.1, 0.15) is 20.8 Å². The largest absolute Gasteiger partial charge is 0.497 e. The maximum atomic E-state index is 12.4. The van der Waals surface area contributed by atoms with Crippen LogP contribution in [-0.2, 0) is 4.74 Å². The molecule has 132 valence electrons. The van der Waals surface area contributed by atoms with Crippen molar-refractivity contribution in [3.63, 3.8) is 0 Å². The Balaban J connectivity index is 1.73. The van der Waals surface area contributed by atoms with Crippen LogP contribution < -0.4 is 9.47 Å². The van der Waals surface area contributed by atoms with Gasteiger partial charge < -0.3 is 14.2 Å². The van der Waals surface area contributed by atoms with E-state index >= 15 is 0 Å². The minimum absolute atomic E-state index is 0.147. The van der Waals surface area contributed by atoms with Gasteiger partial charge in [-0.3, -0.25) is 4.79 Å². The van der Waals surface area contributed by atoms with Crippen LogP contribution in [0.3, 0.4) is 0 Å². The van der Waals surface area contributed by atoms with E-state index in [9.17, 15) is 9.59 Å². The summed E-state index contributed by atoms with van der Waals surface area (Å²) in [6.07, 6.45) is 0. The minimum atomic E-state index is -0.661. The van der Waals surface area contributed by atoms with Gasteiger partial charge in [0.1, 0.15) is 17.2 Å². The van der Waals surface area contributed by atoms with E-state index in [1.54, 1.807) is 36.4 Å². The minimum Gasteiger partial charge on any atom is -0.497 e. The molecule has 0 fully saturated rings. The summed E-state index contributed by atoms with van der Waals surface area (Å²) in [4.78, 5) is 28.9. The molecule has 0 aliphatic heterocycles. The summed E-state index contributed by atoms with van der Waals surface area (Å²) in [5.74, 6) is -0.159. The van der Waals surface area contributed by atoms with Gasteiger partial charge >= 0.3 is 5.97 Å². The number of methoxy groups -OCH3 is 2. The van der Waals surface area contributed by atoms with Crippen molar-refractivity contribution in [2.24, 2.45) is 0 Å². The van der Waals surface area contributed by atoms with Crippen molar-refractivity contribution in [1.29, 1.82) is 0 Å². The summed E-state index contributed by atoms with van der Waals surface area (Å²) in [7, 11) is 2.96. The predicted molar refractivity (Wildman–Crippen MR) is 95.9 cm³/mol. The lowest BCUT2D eigenvalue weighted by atomic mass is 10.1. The molecule has 0 N–H and O–H groups in total. The molecule has 0 saturated heterocycles. The van der Waals surface area contributed by atoms with Gasteiger partial charge in [0.25, 0.3) is 0 Å². The number of para-hydroxylation sites is 1. The molecular weight excluding hydrogens is 334 g/mol. The van der Waals surface area contributed by atoms with E-state index in [2.05, 4.69) is 4.98 Å². The molecule has 1 heterocycles. The van der Waals surface area contributed by atoms with Crippen molar-refractivity contribution in [2.75, 3.05) is 20.8 Å². The third-order valence-corrected chi connectivity index (χ3v) is 3.85. The number of esters is 1. The number of benzene rings is 2. The standard InChI is InChI=1S/C20H17NO5/c1-24-14-8-10-19(25-2)15(11-14)18(22)12-26-20(23)17-9-7-13-5-3-4-6-16(13)21-17/h3-11H,12H2,1-2H3. The average molecular weight is 351 g/mol. The SMILES string of the molecule is COc1ccc(OC)c(C(=O)COC(=O)c2ccc3ccccc3n2)c1. The zero-order chi connectivity index (χ0) is 18.5. The number of aromatic nitrogens is 1. The van der Waals surface area contributed by atoms with Crippen LogP contribution in [0.15, 0.2) is 54.6 Å². The van der Waals surface area contributed by atoms with Crippen LogP contribution in [0.5, 0.6) is 11.5 Å². The molecule has 6 nitrogen and oxygen atoms in total. The van der Waals surface area contributed by atoms with Gasteiger partial charge in [-0.1, -0.05) is 24.3 Å². The molecule has 0 aliphatic carbocycles. The number of nitrogens with zero attached hydrogens (tertiary/aromatic N) is 1. The van der Waals surface area contributed by atoms with Gasteiger partial charge in [0, 0.05) is 5.39 Å². The van der Waals surface area contributed by atoms with E-state index in [-0.39, 0.29) is 11.3 Å². The Morgan fingerprint density at radius 2 is 1.77 bits per heavy atom. The number of carbonyl (C=O) groups is 2. The highest BCUT2D eigenvalue weighted by Crippen LogP contribution is 2.24. The average Bonchev–Trinajstić information content (AvgIpc) is 2.70. The zero-order valence-electron chi connectivity index (χ0n) is 14.4. The fraction of sp³-hybridized carbons (Fsp3) is 0.150. The van der Waals surface area contributed by atoms with Crippen molar-refractivity contribution >= 4 is 22.7 Å². The van der Waals surface area contributed by atoms with Crippen LogP contribution in [0.2, 0.25) is 0 Å². The van der Waals surface area contributed by atoms with Crippen LogP contribution >= 0.6 is 0 Å². The van der Waals surface area contributed by atoms with Gasteiger partial charge in [-0.25, -0.2) is 9.78 Å². The lowest BCUT2D eigenvalue weighted by Gasteiger charge is -2.10. The van der Waals surface area contributed by atoms with Gasteiger partial charge in [0.15, 0.2) is 6.61 Å². The highest BCUT2D eigenvalue weighted by atomic mass is 16.5. The van der Waals surface area contributed by atoms with Gasteiger partial charge in [0.05, 0.1) is 25.3 Å². The van der Waals surface area contributed by atoms with Gasteiger partial charge in [0.2, 0.25) is 5.78 Å². The zero-order valence-corrected chi connectivity index (χ0v) is 14.4. The molecule has 0 atom stereocenters. The summed E-state index contributed by atoms with van der Waals surface area (Å²) in [6, 6.07) is 15.6. The van der Waals surface area contributed by atoms with E-state index < -0.39 is 18.4 Å². The second kappa shape index (κ2) is 7.65. The van der Waals surface area contributed by atoms with Crippen molar-refractivity contribution in [2.45, 2.75) is 0 Å². The number of Topliss-reactive ketones (excluding diaryl/α,β-unsaturated/α-hetero) is 1. The van der Waals surface area contributed by atoms with Gasteiger partial charge in [-0.2, -0.15) is 0 Å². The number of rotatable bonds is 6. The number of ether oxygens (including phenoxy) is 3. The quantitative estimate of drug-likeness (QED) is 0.501. The molecule has 6 heteroatoms. The topological polar surface area (TPSA) is 74.7 Å². The smallest absolute Gasteiger partial charge is 0.357 e. The highest BCUT2D eigenvalue weighted by Gasteiger charge is 2.17. The monoisotopic (exact) mass is 351 g/mol. The van der Waals surface area contributed by atoms with E-state index in [1.165, 1.54) is 14.2 Å². The first-order chi connectivity index (χ1) is 12.6. The molecule has 0 unspecified atom stereocenters. The van der Waals surface area contributed by atoms with Crippen molar-refractivity contribution in [3.05, 3.63) is 65.9 Å². The molecule has 0 bridgehead atoms. The molecule has 0 spiro atoms. The van der Waals surface area contributed by atoms with Gasteiger partial charge in [-0.15, -0.1) is 0 Å². The van der Waals surface area contributed by atoms with E-state index in [0.29, 0.717) is 17.0 Å². The van der Waals surface area contributed by atoms with Crippen LogP contribution in [-0.4, -0.2) is 37.6 Å². The molecule has 26 heavy (non-hydrogen) atoms. The predicted octanol–water partition coefficient (Wildman–Crippen LogP) is 3.29. The second-order valence-electron chi connectivity index (χ2n) is 5.45. The molecule has 2 aromatic carbocycles. The molecule has 0 saturated carbocycles. The lowest BCUT2D eigenvalue weighted by molar-refractivity contribution is 0.0468. The number of carbonyl (C=O) groups excluding carboxylic acids is 2. The third-order valence-electron chi connectivity index (χ3n) is 3.85. The first-order valence-corrected chi connectivity index (χ1v) is 7.90. The Kier molecular flexibility index (Phi) is 5.12. The van der Waals surface area contributed by atoms with Gasteiger partial charge in [-0.05, 0) is 30.3 Å². The van der Waals surface area contributed by atoms with Crippen molar-refractivity contribution in [1.82, 2.24) is 4.98 Å². The maximum absolute atomic E-state index is 12.4. The number of hydrogen-bond acceptors (Lipinski definition) is 6. The third kappa shape index (κ3) is 3.64. The summed E-state index contributed by atoms with van der Waals surface area (Å²) >= 11 is 0. The van der Waals surface area contributed by atoms with Crippen LogP contribution in [0, 0.1) is 0 Å². The summed E-state index contributed by atoms with van der Waals surface area (Å²) in [5.41, 5.74) is 1.11. The van der Waals surface area contributed by atoms with Crippen LogP contribution in [0.25, 0.3) is 10.9 Å². The van der Waals surface area contributed by atoms with Crippen molar-refractivity contribution in [3.8, 4) is 11.5 Å². The Morgan fingerprint density at radius 1 is 0.962 bits per heavy atom. The fourth-order valence-electron chi connectivity index (χ4n) is 2.49. The second-order valence-corrected chi connectivity index (χ2v) is 5.45. The molecule has 3 rings (SSSR count). The molecule has 0 aliphatic rings. The fourth-order valence-corrected chi connectivity index (χ4v) is 2.49. The van der Waals surface area contributed by atoms with E-state index in [4.69, 9.17) is 14.2 Å². The lowest BCUT2D eigenvalue weighted by Crippen LogP contribution is -2.16. The molecule has 3 aromatic rings. The Morgan fingerprint density at radius 3 is 2.54 bits per heavy atom. The summed E-state index contributed by atoms with van der Waals surface area (Å²) in [5, 5.41) is 0.918. The van der Waals surface area contributed by atoms with E-state index in [1.807, 2.05) is 18.2 Å². The van der Waals surface area contributed by atoms with E-state index in [0.717, 1.165) is 5.39 Å². The summed E-state index contributed by atoms with van der Waals surface area (Å²) < 4.78 is 15.4. The first-order valence-electron chi connectivity index (χ1n) is 7.90. The molecule has 1 aromatic heterocycles. The number of hydrogen-bond donors (Lipinski definition) is 0. The van der Waals surface area contributed by atoms with Crippen molar-refractivity contribution < 1.29 is 23.8 Å². The number of ketones is 1. The summed E-state index contributed by atoms with van der Waals surface area (Å²) in [6.45, 7) is -0.420. The first kappa shape index (κ1) is 17.4. The molecular formula is C20H17NO5. The number of fused-ring (bicyclic) bond motifs is 1. The maximum Gasteiger partial charge on any atom is 0.357 e. The highest BCUT2D eigenvalue weighted by molar-refractivity contribution is 6.01. The Labute approximate surface area is 150 Å². The normalized spacial score (nSPS) is 10.4. The number of pyridine rings is 1. The Hall–Kier alpha value is -3.41.